The molecule has 0 spiro atoms. The van der Waals surface area contributed by atoms with Gasteiger partial charge in [-0.15, -0.1) is 12.6 Å². The molecule has 0 unspecified atom stereocenters. The second-order valence-electron chi connectivity index (χ2n) is 12.9. The molecule has 1 aromatic heterocycles. The Balaban J connectivity index is 0.00000140. The monoisotopic (exact) mass is 869 g/mol. The lowest BCUT2D eigenvalue weighted by molar-refractivity contribution is -0.383. The molecule has 59 heavy (non-hydrogen) atoms. The Kier molecular flexibility index (Phi) is 11.4. The summed E-state index contributed by atoms with van der Waals surface area (Å²) in [6, 6.07) is 14.1. The van der Waals surface area contributed by atoms with Gasteiger partial charge in [0.05, 0.1) is 26.6 Å². The van der Waals surface area contributed by atoms with E-state index < -0.39 is 63.5 Å². The van der Waals surface area contributed by atoms with Crippen molar-refractivity contribution >= 4 is 59.5 Å². The second kappa shape index (κ2) is 16.1. The summed E-state index contributed by atoms with van der Waals surface area (Å²) >= 11 is 0. The Morgan fingerprint density at radius 1 is 0.661 bits per heavy atom. The predicted molar refractivity (Wildman–Crippen MR) is 203 cm³/mol. The molecule has 1 heterocycles. The third-order valence-electron chi connectivity index (χ3n) is 9.08. The van der Waals surface area contributed by atoms with Crippen molar-refractivity contribution in [3.8, 4) is 23.0 Å². The van der Waals surface area contributed by atoms with Crippen LogP contribution in [-0.2, 0) is 56.5 Å². The van der Waals surface area contributed by atoms with E-state index in [1.807, 2.05) is 0 Å². The predicted octanol–water partition coefficient (Wildman–Crippen LogP) is 3.57. The Bertz CT molecular complexity index is 3070. The molecule has 8 bridgehead atoms. The normalized spacial score (nSPS) is 12.8. The van der Waals surface area contributed by atoms with E-state index in [1.165, 1.54) is 36.5 Å². The fourth-order valence-corrected chi connectivity index (χ4v) is 7.61. The number of fused-ring (bicyclic) bond motifs is 9. The number of nitrogens with one attached hydrogen (secondary N) is 1. The minimum absolute atomic E-state index is 0.0284. The van der Waals surface area contributed by atoms with Gasteiger partial charge in [-0.1, -0.05) is 18.2 Å². The van der Waals surface area contributed by atoms with Crippen molar-refractivity contribution in [1.82, 2.24) is 10.3 Å². The van der Waals surface area contributed by atoms with E-state index in [0.29, 0.717) is 11.1 Å². The van der Waals surface area contributed by atoms with E-state index in [4.69, 9.17) is 12.6 Å². The molecule has 0 radical (unpaired) electrons. The number of hydrazone groups is 1. The molecule has 5 aromatic carbocycles. The van der Waals surface area contributed by atoms with Gasteiger partial charge in [0.15, 0.2) is 5.52 Å². The van der Waals surface area contributed by atoms with Gasteiger partial charge in [-0.05, 0) is 80.6 Å². The summed E-state index contributed by atoms with van der Waals surface area (Å²) in [7, 11) is -12.9. The minimum Gasteiger partial charge on any atom is -0.507 e. The number of hydrogen-bond donors (Lipinski definition) is 7. The van der Waals surface area contributed by atoms with Crippen LogP contribution in [0.5, 0.6) is 23.0 Å². The number of anilines is 1. The first-order valence-electron chi connectivity index (χ1n) is 16.5. The van der Waals surface area contributed by atoms with Gasteiger partial charge in [-0.25, -0.2) is 4.63 Å². The summed E-state index contributed by atoms with van der Waals surface area (Å²) in [5.41, 5.74) is 3.29. The van der Waals surface area contributed by atoms with Gasteiger partial charge in [0.2, 0.25) is 5.52 Å². The third-order valence-corrected chi connectivity index (χ3v) is 10.7. The number of hydrogen-bond acceptors (Lipinski definition) is 18. The van der Waals surface area contributed by atoms with Crippen molar-refractivity contribution in [2.24, 2.45) is 5.10 Å². The van der Waals surface area contributed by atoms with Crippen LogP contribution in [0, 0.1) is 10.1 Å². The second-order valence-corrected chi connectivity index (χ2v) is 16.1. The maximum Gasteiger partial charge on any atom is 0.425 e. The van der Waals surface area contributed by atoms with Crippen molar-refractivity contribution in [3.05, 3.63) is 127 Å². The lowest BCUT2D eigenvalue weighted by atomic mass is 9.90. The number of aromatic hydroxyl groups is 4. The lowest BCUT2D eigenvalue weighted by Crippen LogP contribution is -2.06. The molecule has 0 atom stereocenters. The summed E-state index contributed by atoms with van der Waals surface area (Å²) in [4.78, 5) is 9.47. The zero-order chi connectivity index (χ0) is 43.0. The van der Waals surface area contributed by atoms with Crippen molar-refractivity contribution in [3.63, 3.8) is 0 Å². The molecule has 0 aliphatic heterocycles. The molecule has 0 saturated carbocycles. The average Bonchev–Trinajstić information content (AvgIpc) is 3.64. The van der Waals surface area contributed by atoms with Crippen molar-refractivity contribution in [2.75, 3.05) is 5.43 Å². The van der Waals surface area contributed by atoms with Crippen LogP contribution in [0.4, 0.5) is 11.4 Å². The number of nitro groups is 1. The highest BCUT2D eigenvalue weighted by atomic mass is 32.2. The SMILES string of the molecule is O=S(=O)=O.O=[N+]([O-])c1ccc(N/N=C/c2cc3c(O)c(c2)Cc2cc(S(=O)(=O)O)cc(c2O)Cc2cc(S(=O)(=O)O)cc(c2O)Cc2cccc(c2O)C3)c2nonc12. The Labute approximate surface area is 333 Å². The number of rotatable bonds is 6. The number of non-ortho nitro benzene ring substituents is 1. The topological polar surface area (TPSA) is 347 Å². The standard InChI is InChI=1S/C35H27N5O13S2.O3S/c41-32-18-2-1-3-19(32)9-22-12-26(54(47,48)49)14-24(34(22)43)11-25-15-27(55(50,51)52)13-23(35(25)44)10-21-7-17(6-20(8-18)33(21)42)16-36-37-28-4-5-29(40(45)46)31-30(28)38-53-39-31;1-4(2)3/h1-7,12-16,37,41-44H,8-11H2,(H,47,48,49)(H,50,51,52);/b36-16+;. The van der Waals surface area contributed by atoms with Crippen LogP contribution in [-0.4, -0.2) is 80.4 Å². The van der Waals surface area contributed by atoms with E-state index in [2.05, 4.69) is 25.5 Å². The summed E-state index contributed by atoms with van der Waals surface area (Å²) in [5.74, 6) is -1.49. The molecular weight excluding hydrogens is 843 g/mol. The van der Waals surface area contributed by atoms with E-state index in [-0.39, 0.29) is 92.1 Å². The molecule has 24 heteroatoms. The minimum atomic E-state index is -4.91. The van der Waals surface area contributed by atoms with Gasteiger partial charge < -0.3 is 20.4 Å². The van der Waals surface area contributed by atoms with Crippen molar-refractivity contribution in [2.45, 2.75) is 35.5 Å². The van der Waals surface area contributed by atoms with E-state index in [1.54, 1.807) is 12.1 Å². The average molecular weight is 870 g/mol. The van der Waals surface area contributed by atoms with Crippen molar-refractivity contribution in [1.29, 1.82) is 0 Å². The smallest absolute Gasteiger partial charge is 0.425 e. The van der Waals surface area contributed by atoms with Crippen molar-refractivity contribution < 1.29 is 68.5 Å². The number of phenolic OH excluding ortho intramolecular Hbond substituents is 4. The van der Waals surface area contributed by atoms with Gasteiger partial charge in [-0.2, -0.15) is 21.9 Å². The summed E-state index contributed by atoms with van der Waals surface area (Å²) < 4.78 is 99.4. The fraction of sp³-hybridized carbons (Fsp3) is 0.114. The molecule has 0 saturated heterocycles. The fourth-order valence-electron chi connectivity index (χ4n) is 6.44. The number of aromatic nitrogens is 2. The van der Waals surface area contributed by atoms with Crippen LogP contribution in [0.25, 0.3) is 11.0 Å². The summed E-state index contributed by atoms with van der Waals surface area (Å²) in [6.07, 6.45) is 0.132. The molecule has 7 rings (SSSR count). The van der Waals surface area contributed by atoms with Gasteiger partial charge in [0.1, 0.15) is 23.0 Å². The number of para-hydroxylation sites is 1. The quantitative estimate of drug-likeness (QED) is 0.0543. The zero-order valence-electron chi connectivity index (χ0n) is 29.5. The molecule has 306 valence electrons. The highest BCUT2D eigenvalue weighted by molar-refractivity contribution is 7.86. The summed E-state index contributed by atoms with van der Waals surface area (Å²) in [6.45, 7) is 0. The van der Waals surface area contributed by atoms with Crippen LogP contribution in [0.1, 0.15) is 50.1 Å². The first kappa shape index (κ1) is 41.6. The van der Waals surface area contributed by atoms with E-state index in [9.17, 15) is 56.5 Å². The molecule has 1 aliphatic rings. The van der Waals surface area contributed by atoms with Crippen LogP contribution >= 0.6 is 0 Å². The summed E-state index contributed by atoms with van der Waals surface area (Å²) in [5, 5.41) is 68.7. The van der Waals surface area contributed by atoms with Gasteiger partial charge in [0, 0.05) is 54.0 Å². The van der Waals surface area contributed by atoms with E-state index in [0.717, 1.165) is 24.3 Å². The molecular formula is C35H27N5O16S3. The lowest BCUT2D eigenvalue weighted by Gasteiger charge is -2.18. The van der Waals surface area contributed by atoms with E-state index >= 15 is 0 Å². The maximum atomic E-state index is 12.4. The molecule has 0 amide bonds. The van der Waals surface area contributed by atoms with Crippen LogP contribution in [0.15, 0.2) is 86.3 Å². The molecule has 21 nitrogen and oxygen atoms in total. The molecule has 1 aliphatic carbocycles. The largest absolute Gasteiger partial charge is 0.507 e. The maximum absolute atomic E-state index is 12.4. The molecule has 0 fully saturated rings. The first-order chi connectivity index (χ1) is 27.7. The number of nitro benzene ring substituents is 1. The van der Waals surface area contributed by atoms with Crippen LogP contribution < -0.4 is 5.43 Å². The van der Waals surface area contributed by atoms with Gasteiger partial charge in [-0.3, -0.25) is 24.6 Å². The highest BCUT2D eigenvalue weighted by Crippen LogP contribution is 2.39. The van der Waals surface area contributed by atoms with Crippen LogP contribution in [0.3, 0.4) is 0 Å². The molecule has 7 N–H and O–H groups in total. The number of phenols is 4. The zero-order valence-corrected chi connectivity index (χ0v) is 32.0. The Morgan fingerprint density at radius 3 is 1.47 bits per heavy atom. The van der Waals surface area contributed by atoms with Gasteiger partial charge in [0.25, 0.3) is 20.2 Å². The van der Waals surface area contributed by atoms with Gasteiger partial charge >= 0.3 is 16.3 Å². The highest BCUT2D eigenvalue weighted by Gasteiger charge is 2.25. The Hall–Kier alpha value is -6.99. The first-order valence-corrected chi connectivity index (χ1v) is 20.3. The number of benzene rings is 5. The Morgan fingerprint density at radius 2 is 1.05 bits per heavy atom. The van der Waals surface area contributed by atoms with Crippen LogP contribution in [0.2, 0.25) is 0 Å². The molecule has 6 aromatic rings. The third kappa shape index (κ3) is 9.10. The number of nitrogens with zero attached hydrogens (tertiary/aromatic N) is 4.